The highest BCUT2D eigenvalue weighted by Gasteiger charge is 2.33. The van der Waals surface area contributed by atoms with Gasteiger partial charge in [0, 0.05) is 5.56 Å². The van der Waals surface area contributed by atoms with Crippen LogP contribution in [0.15, 0.2) is 12.1 Å². The maximum absolute atomic E-state index is 14.1. The SMILES string of the molecule is Cc1ccc(C(O)C2CCC(C3CCCC3)CC2)c(F)c1F. The van der Waals surface area contributed by atoms with Crippen molar-refractivity contribution in [2.24, 2.45) is 17.8 Å². The lowest BCUT2D eigenvalue weighted by molar-refractivity contribution is 0.0612. The van der Waals surface area contributed by atoms with Crippen LogP contribution in [0.3, 0.4) is 0 Å². The van der Waals surface area contributed by atoms with Crippen molar-refractivity contribution in [2.75, 3.05) is 0 Å². The van der Waals surface area contributed by atoms with Gasteiger partial charge in [0.05, 0.1) is 6.10 Å². The molecule has 0 saturated heterocycles. The van der Waals surface area contributed by atoms with Crippen molar-refractivity contribution in [1.82, 2.24) is 0 Å². The second-order valence-corrected chi connectivity index (χ2v) is 7.26. The molecule has 0 bridgehead atoms. The standard InChI is InChI=1S/C19H26F2O/c1-12-6-11-16(18(21)17(12)20)19(22)15-9-7-14(8-10-15)13-4-2-3-5-13/h6,11,13-15,19,22H,2-5,7-10H2,1H3. The lowest BCUT2D eigenvalue weighted by Gasteiger charge is -2.34. The summed E-state index contributed by atoms with van der Waals surface area (Å²) in [6.07, 6.45) is 8.67. The minimum atomic E-state index is -0.875. The first-order valence-corrected chi connectivity index (χ1v) is 8.70. The third-order valence-corrected chi connectivity index (χ3v) is 5.95. The first kappa shape index (κ1) is 15.9. The van der Waals surface area contributed by atoms with Crippen molar-refractivity contribution in [3.05, 3.63) is 34.9 Å². The van der Waals surface area contributed by atoms with Crippen molar-refractivity contribution in [3.8, 4) is 0 Å². The Morgan fingerprint density at radius 3 is 2.14 bits per heavy atom. The molecule has 22 heavy (non-hydrogen) atoms. The van der Waals surface area contributed by atoms with Gasteiger partial charge in [-0.3, -0.25) is 0 Å². The van der Waals surface area contributed by atoms with Crippen molar-refractivity contribution >= 4 is 0 Å². The molecule has 3 heteroatoms. The van der Waals surface area contributed by atoms with Crippen molar-refractivity contribution in [2.45, 2.75) is 64.4 Å². The zero-order chi connectivity index (χ0) is 15.7. The van der Waals surface area contributed by atoms with Gasteiger partial charge in [-0.15, -0.1) is 0 Å². The summed E-state index contributed by atoms with van der Waals surface area (Å²) in [5, 5.41) is 10.5. The van der Waals surface area contributed by atoms with Crippen molar-refractivity contribution < 1.29 is 13.9 Å². The van der Waals surface area contributed by atoms with Crippen LogP contribution < -0.4 is 0 Å². The van der Waals surface area contributed by atoms with Crippen LogP contribution >= 0.6 is 0 Å². The van der Waals surface area contributed by atoms with Gasteiger partial charge in [0.25, 0.3) is 0 Å². The smallest absolute Gasteiger partial charge is 0.164 e. The predicted octanol–water partition coefficient (Wildman–Crippen LogP) is 5.30. The Balaban J connectivity index is 1.64. The molecule has 2 aliphatic carbocycles. The molecular weight excluding hydrogens is 282 g/mol. The van der Waals surface area contributed by atoms with Crippen molar-refractivity contribution in [3.63, 3.8) is 0 Å². The highest BCUT2D eigenvalue weighted by atomic mass is 19.2. The van der Waals surface area contributed by atoms with E-state index in [4.69, 9.17) is 0 Å². The molecule has 1 aromatic rings. The van der Waals surface area contributed by atoms with E-state index in [0.717, 1.165) is 37.5 Å². The normalized spacial score (nSPS) is 28.0. The van der Waals surface area contributed by atoms with Crippen LogP contribution in [0.1, 0.15) is 68.6 Å². The summed E-state index contributed by atoms with van der Waals surface area (Å²) in [7, 11) is 0. The van der Waals surface area contributed by atoms with E-state index in [1.165, 1.54) is 25.7 Å². The highest BCUT2D eigenvalue weighted by molar-refractivity contribution is 5.27. The van der Waals surface area contributed by atoms with E-state index in [2.05, 4.69) is 0 Å². The van der Waals surface area contributed by atoms with Crippen molar-refractivity contribution in [1.29, 1.82) is 0 Å². The highest BCUT2D eigenvalue weighted by Crippen LogP contribution is 2.44. The van der Waals surface area contributed by atoms with Crippen LogP contribution in [0.5, 0.6) is 0 Å². The lowest BCUT2D eigenvalue weighted by Crippen LogP contribution is -2.24. The molecule has 0 aliphatic heterocycles. The lowest BCUT2D eigenvalue weighted by atomic mass is 9.73. The topological polar surface area (TPSA) is 20.2 Å². The van der Waals surface area contributed by atoms with E-state index in [-0.39, 0.29) is 11.5 Å². The molecule has 122 valence electrons. The van der Waals surface area contributed by atoms with Crippen LogP contribution in [0.25, 0.3) is 0 Å². The Bertz CT molecular complexity index is 514. The van der Waals surface area contributed by atoms with E-state index >= 15 is 0 Å². The summed E-state index contributed by atoms with van der Waals surface area (Å²) in [5.41, 5.74) is 0.422. The van der Waals surface area contributed by atoms with E-state index < -0.39 is 17.7 Å². The van der Waals surface area contributed by atoms with Gasteiger partial charge in [-0.25, -0.2) is 8.78 Å². The van der Waals surface area contributed by atoms with Gasteiger partial charge >= 0.3 is 0 Å². The molecule has 0 aromatic heterocycles. The Hall–Kier alpha value is -0.960. The monoisotopic (exact) mass is 308 g/mol. The van der Waals surface area contributed by atoms with Gasteiger partial charge in [-0.05, 0) is 55.9 Å². The van der Waals surface area contributed by atoms with Gasteiger partial charge in [-0.1, -0.05) is 37.8 Å². The van der Waals surface area contributed by atoms with Crippen LogP contribution in [0, 0.1) is 36.3 Å². The van der Waals surface area contributed by atoms with Crippen LogP contribution in [-0.2, 0) is 0 Å². The summed E-state index contributed by atoms with van der Waals surface area (Å²) in [6.45, 7) is 1.54. The van der Waals surface area contributed by atoms with Gasteiger partial charge in [0.2, 0.25) is 0 Å². The number of benzene rings is 1. The molecule has 1 nitrogen and oxygen atoms in total. The largest absolute Gasteiger partial charge is 0.388 e. The molecule has 2 aliphatic rings. The third-order valence-electron chi connectivity index (χ3n) is 5.95. The molecule has 3 rings (SSSR count). The molecule has 1 unspecified atom stereocenters. The van der Waals surface area contributed by atoms with Gasteiger partial charge < -0.3 is 5.11 Å². The molecule has 0 spiro atoms. The van der Waals surface area contributed by atoms with E-state index in [1.807, 2.05) is 0 Å². The Morgan fingerprint density at radius 2 is 1.50 bits per heavy atom. The third kappa shape index (κ3) is 3.05. The molecule has 1 atom stereocenters. The summed E-state index contributed by atoms with van der Waals surface area (Å²) in [4.78, 5) is 0. The van der Waals surface area contributed by atoms with Gasteiger partial charge in [-0.2, -0.15) is 0 Å². The number of aryl methyl sites for hydroxylation is 1. The summed E-state index contributed by atoms with van der Waals surface area (Å²) in [6, 6.07) is 3.10. The number of hydrogen-bond donors (Lipinski definition) is 1. The number of aliphatic hydroxyl groups excluding tert-OH is 1. The molecule has 0 radical (unpaired) electrons. The number of rotatable bonds is 3. The average Bonchev–Trinajstić information content (AvgIpc) is 3.07. The fraction of sp³-hybridized carbons (Fsp3) is 0.684. The minimum absolute atomic E-state index is 0.0641. The number of halogens is 2. The summed E-state index contributed by atoms with van der Waals surface area (Å²) < 4.78 is 27.8. The second-order valence-electron chi connectivity index (χ2n) is 7.26. The first-order valence-electron chi connectivity index (χ1n) is 8.70. The maximum atomic E-state index is 14.1. The van der Waals surface area contributed by atoms with Crippen LogP contribution in [-0.4, -0.2) is 5.11 Å². The Morgan fingerprint density at radius 1 is 0.909 bits per heavy atom. The molecule has 2 fully saturated rings. The zero-order valence-electron chi connectivity index (χ0n) is 13.3. The molecule has 1 aromatic carbocycles. The molecular formula is C19H26F2O. The van der Waals surface area contributed by atoms with E-state index in [9.17, 15) is 13.9 Å². The minimum Gasteiger partial charge on any atom is -0.388 e. The Kier molecular flexibility index (Phi) is 4.82. The maximum Gasteiger partial charge on any atom is 0.164 e. The van der Waals surface area contributed by atoms with E-state index in [1.54, 1.807) is 19.1 Å². The number of aliphatic hydroxyl groups is 1. The van der Waals surface area contributed by atoms with E-state index in [0.29, 0.717) is 5.56 Å². The fourth-order valence-electron chi connectivity index (χ4n) is 4.50. The second kappa shape index (κ2) is 6.66. The van der Waals surface area contributed by atoms with Gasteiger partial charge in [0.1, 0.15) is 0 Å². The van der Waals surface area contributed by atoms with Crippen LogP contribution in [0.2, 0.25) is 0 Å². The zero-order valence-corrected chi connectivity index (χ0v) is 13.3. The quantitative estimate of drug-likeness (QED) is 0.803. The number of hydrogen-bond acceptors (Lipinski definition) is 1. The molecule has 0 heterocycles. The molecule has 0 amide bonds. The molecule has 1 N–H and O–H groups in total. The summed E-state index contributed by atoms with van der Waals surface area (Å²) >= 11 is 0. The fourth-order valence-corrected chi connectivity index (χ4v) is 4.50. The first-order chi connectivity index (χ1) is 10.6. The van der Waals surface area contributed by atoms with Gasteiger partial charge in [0.15, 0.2) is 11.6 Å². The van der Waals surface area contributed by atoms with Crippen LogP contribution in [0.4, 0.5) is 8.78 Å². The average molecular weight is 308 g/mol. The summed E-state index contributed by atoms with van der Waals surface area (Å²) in [5.74, 6) is 0.0214. The molecule has 2 saturated carbocycles. The predicted molar refractivity (Wildman–Crippen MR) is 83.5 cm³/mol. The Labute approximate surface area is 131 Å².